The fourth-order valence-corrected chi connectivity index (χ4v) is 3.47. The molecule has 2 aliphatic carbocycles. The van der Waals surface area contributed by atoms with Crippen LogP contribution in [0.4, 0.5) is 0 Å². The van der Waals surface area contributed by atoms with Gasteiger partial charge in [-0.05, 0) is 24.7 Å². The van der Waals surface area contributed by atoms with Crippen molar-refractivity contribution >= 4 is 40.6 Å². The molecule has 0 saturated heterocycles. The van der Waals surface area contributed by atoms with Crippen molar-refractivity contribution in [2.45, 2.75) is 43.4 Å². The third-order valence-electron chi connectivity index (χ3n) is 3.83. The summed E-state index contributed by atoms with van der Waals surface area (Å²) in [4.78, 5) is 35.6. The van der Waals surface area contributed by atoms with Gasteiger partial charge in [-0.1, -0.05) is 6.92 Å². The molecule has 0 aromatic heterocycles. The van der Waals surface area contributed by atoms with E-state index in [0.717, 1.165) is 0 Å². The first-order chi connectivity index (χ1) is 8.36. The molecule has 0 aromatic carbocycles. The summed E-state index contributed by atoms with van der Waals surface area (Å²) in [7, 11) is 0. The molecule has 0 aliphatic heterocycles. The van der Waals surface area contributed by atoms with E-state index in [1.165, 1.54) is 0 Å². The molecule has 2 saturated carbocycles. The van der Waals surface area contributed by atoms with Crippen molar-refractivity contribution in [1.29, 1.82) is 0 Å². The van der Waals surface area contributed by atoms with Gasteiger partial charge in [0.25, 0.3) is 0 Å². The van der Waals surface area contributed by atoms with E-state index in [1.54, 1.807) is 0 Å². The first kappa shape index (κ1) is 14.0. The maximum absolute atomic E-state index is 11.9. The Balaban J connectivity index is 2.02. The second-order valence-electron chi connectivity index (χ2n) is 5.32. The van der Waals surface area contributed by atoms with E-state index in [0.29, 0.717) is 19.3 Å². The van der Waals surface area contributed by atoms with E-state index in [-0.39, 0.29) is 42.0 Å². The highest BCUT2D eigenvalue weighted by molar-refractivity contribution is 6.50. The lowest BCUT2D eigenvalue weighted by atomic mass is 9.75. The Hall–Kier alpha value is -0.410. The second kappa shape index (κ2) is 4.93. The molecule has 0 aromatic rings. The molecule has 0 amide bonds. The molecule has 0 spiro atoms. The van der Waals surface area contributed by atoms with Crippen LogP contribution in [0.25, 0.3) is 0 Å². The average molecular weight is 291 g/mol. The fourth-order valence-electron chi connectivity index (χ4n) is 2.78. The van der Waals surface area contributed by atoms with E-state index in [4.69, 9.17) is 23.2 Å². The highest BCUT2D eigenvalue weighted by atomic mass is 35.5. The van der Waals surface area contributed by atoms with Crippen molar-refractivity contribution in [2.75, 3.05) is 0 Å². The predicted molar refractivity (Wildman–Crippen MR) is 68.7 cm³/mol. The molecule has 5 heteroatoms. The molecule has 1 atom stereocenters. The summed E-state index contributed by atoms with van der Waals surface area (Å²) in [6.45, 7) is 1.86. The molecule has 2 fully saturated rings. The molecule has 0 radical (unpaired) electrons. The standard InChI is InChI=1S/C13H16Cl2O3/c1-2-3-9(16)12-10(17)4-7(5-11(12)18)8-6-13(8,14)15/h7-8,12H,2-6H2,1H3. The minimum atomic E-state index is -1.01. The van der Waals surface area contributed by atoms with Crippen molar-refractivity contribution in [1.82, 2.24) is 0 Å². The van der Waals surface area contributed by atoms with Gasteiger partial charge in [-0.25, -0.2) is 0 Å². The zero-order chi connectivity index (χ0) is 13.5. The molecular weight excluding hydrogens is 275 g/mol. The monoisotopic (exact) mass is 290 g/mol. The Kier molecular flexibility index (Phi) is 3.84. The lowest BCUT2D eigenvalue weighted by molar-refractivity contribution is -0.143. The van der Waals surface area contributed by atoms with Crippen LogP contribution in [0.5, 0.6) is 0 Å². The molecule has 2 rings (SSSR count). The highest BCUT2D eigenvalue weighted by Crippen LogP contribution is 2.59. The summed E-state index contributed by atoms with van der Waals surface area (Å²) in [5.74, 6) is -1.79. The first-order valence-corrected chi connectivity index (χ1v) is 7.08. The van der Waals surface area contributed by atoms with E-state index >= 15 is 0 Å². The van der Waals surface area contributed by atoms with Gasteiger partial charge in [0.2, 0.25) is 0 Å². The number of alkyl halides is 2. The van der Waals surface area contributed by atoms with Gasteiger partial charge in [-0.15, -0.1) is 23.2 Å². The summed E-state index contributed by atoms with van der Waals surface area (Å²) >= 11 is 11.9. The van der Waals surface area contributed by atoms with Gasteiger partial charge < -0.3 is 0 Å². The third kappa shape index (κ3) is 2.62. The lowest BCUT2D eigenvalue weighted by Gasteiger charge is -2.25. The number of carbonyl (C=O) groups excluding carboxylic acids is 3. The number of rotatable bonds is 4. The minimum Gasteiger partial charge on any atom is -0.298 e. The lowest BCUT2D eigenvalue weighted by Crippen LogP contribution is -2.39. The number of halogens is 2. The molecule has 1 unspecified atom stereocenters. The van der Waals surface area contributed by atoms with Crippen LogP contribution in [0.15, 0.2) is 0 Å². The Bertz CT molecular complexity index is 385. The van der Waals surface area contributed by atoms with Gasteiger partial charge in [0.15, 0.2) is 17.3 Å². The van der Waals surface area contributed by atoms with Crippen molar-refractivity contribution < 1.29 is 14.4 Å². The van der Waals surface area contributed by atoms with Crippen LogP contribution < -0.4 is 0 Å². The molecular formula is C13H16Cl2O3. The largest absolute Gasteiger partial charge is 0.298 e. The zero-order valence-electron chi connectivity index (χ0n) is 10.2. The summed E-state index contributed by atoms with van der Waals surface area (Å²) in [6.07, 6.45) is 2.12. The van der Waals surface area contributed by atoms with Gasteiger partial charge >= 0.3 is 0 Å². The number of hydrogen-bond acceptors (Lipinski definition) is 3. The van der Waals surface area contributed by atoms with Gasteiger partial charge in [-0.3, -0.25) is 14.4 Å². The number of Topliss-reactive ketones (excluding diaryl/α,β-unsaturated/α-hetero) is 3. The Morgan fingerprint density at radius 2 is 1.78 bits per heavy atom. The SMILES string of the molecule is CCCC(=O)C1C(=O)CC(C2CC2(Cl)Cl)CC1=O. The molecule has 0 bridgehead atoms. The van der Waals surface area contributed by atoms with Crippen LogP contribution in [-0.4, -0.2) is 21.7 Å². The Morgan fingerprint density at radius 3 is 2.17 bits per heavy atom. The summed E-state index contributed by atoms with van der Waals surface area (Å²) < 4.78 is -0.772. The van der Waals surface area contributed by atoms with Crippen molar-refractivity contribution in [3.63, 3.8) is 0 Å². The maximum Gasteiger partial charge on any atom is 0.151 e. The van der Waals surface area contributed by atoms with Gasteiger partial charge in [0, 0.05) is 19.3 Å². The van der Waals surface area contributed by atoms with Crippen molar-refractivity contribution in [3.05, 3.63) is 0 Å². The van der Waals surface area contributed by atoms with Crippen LogP contribution in [0.3, 0.4) is 0 Å². The smallest absolute Gasteiger partial charge is 0.151 e. The van der Waals surface area contributed by atoms with Crippen molar-refractivity contribution in [2.24, 2.45) is 17.8 Å². The molecule has 2 aliphatic rings. The van der Waals surface area contributed by atoms with Crippen LogP contribution in [0, 0.1) is 17.8 Å². The zero-order valence-corrected chi connectivity index (χ0v) is 11.8. The van der Waals surface area contributed by atoms with Crippen molar-refractivity contribution in [3.8, 4) is 0 Å². The Labute approximate surface area is 116 Å². The summed E-state index contributed by atoms with van der Waals surface area (Å²) in [5.41, 5.74) is 0. The fraction of sp³-hybridized carbons (Fsp3) is 0.769. The maximum atomic E-state index is 11.9. The Morgan fingerprint density at radius 1 is 1.28 bits per heavy atom. The number of hydrogen-bond donors (Lipinski definition) is 0. The molecule has 0 N–H and O–H groups in total. The topological polar surface area (TPSA) is 51.2 Å². The van der Waals surface area contributed by atoms with Gasteiger partial charge in [0.1, 0.15) is 10.3 Å². The number of ketones is 3. The normalized spacial score (nSPS) is 34.5. The molecule has 18 heavy (non-hydrogen) atoms. The predicted octanol–water partition coefficient (Wildman–Crippen LogP) is 2.71. The number of carbonyl (C=O) groups is 3. The minimum absolute atomic E-state index is 0.0240. The summed E-state index contributed by atoms with van der Waals surface area (Å²) in [6, 6.07) is 0. The first-order valence-electron chi connectivity index (χ1n) is 6.32. The van der Waals surface area contributed by atoms with E-state index < -0.39 is 10.3 Å². The van der Waals surface area contributed by atoms with Crippen LogP contribution >= 0.6 is 23.2 Å². The van der Waals surface area contributed by atoms with Crippen LogP contribution in [-0.2, 0) is 14.4 Å². The average Bonchev–Trinajstić information content (AvgIpc) is 2.87. The molecule has 0 heterocycles. The summed E-state index contributed by atoms with van der Waals surface area (Å²) in [5, 5.41) is 0. The quantitative estimate of drug-likeness (QED) is 0.591. The van der Waals surface area contributed by atoms with E-state index in [1.807, 2.05) is 6.92 Å². The highest BCUT2D eigenvalue weighted by Gasteiger charge is 2.57. The second-order valence-corrected chi connectivity index (χ2v) is 6.86. The van der Waals surface area contributed by atoms with E-state index in [9.17, 15) is 14.4 Å². The molecule has 3 nitrogen and oxygen atoms in total. The van der Waals surface area contributed by atoms with Crippen LogP contribution in [0.1, 0.15) is 39.0 Å². The van der Waals surface area contributed by atoms with Gasteiger partial charge in [0.05, 0.1) is 0 Å². The van der Waals surface area contributed by atoms with Gasteiger partial charge in [-0.2, -0.15) is 0 Å². The van der Waals surface area contributed by atoms with Crippen LogP contribution in [0.2, 0.25) is 0 Å². The van der Waals surface area contributed by atoms with E-state index in [2.05, 4.69) is 0 Å². The third-order valence-corrected chi connectivity index (χ3v) is 4.70. The molecule has 100 valence electrons.